The van der Waals surface area contributed by atoms with E-state index in [0.29, 0.717) is 29.6 Å². The van der Waals surface area contributed by atoms with E-state index in [1.807, 2.05) is 11.9 Å². The molecule has 3 heteroatoms. The lowest BCUT2D eigenvalue weighted by molar-refractivity contribution is -0.131. The highest BCUT2D eigenvalue weighted by Gasteiger charge is 2.21. The maximum absolute atomic E-state index is 12.2. The van der Waals surface area contributed by atoms with Gasteiger partial charge in [-0.15, -0.1) is 0 Å². The molecular weight excluding hydrogens is 236 g/mol. The van der Waals surface area contributed by atoms with Crippen LogP contribution in [0.4, 0.5) is 0 Å². The van der Waals surface area contributed by atoms with Gasteiger partial charge in [0, 0.05) is 20.0 Å². The normalized spacial score (nSPS) is 19.2. The molecule has 1 aliphatic rings. The molecule has 1 unspecified atom stereocenters. The fourth-order valence-corrected chi connectivity index (χ4v) is 3.12. The van der Waals surface area contributed by atoms with Gasteiger partial charge in [-0.25, -0.2) is 0 Å². The van der Waals surface area contributed by atoms with E-state index in [1.165, 1.54) is 12.8 Å². The average Bonchev–Trinajstić information content (AvgIpc) is 2.27. The Morgan fingerprint density at radius 2 is 1.89 bits per heavy atom. The monoisotopic (exact) mass is 268 g/mol. The van der Waals surface area contributed by atoms with Crippen LogP contribution in [0, 0.1) is 17.3 Å². The van der Waals surface area contributed by atoms with Gasteiger partial charge in [-0.2, -0.15) is 0 Å². The quantitative estimate of drug-likeness (QED) is 0.831. The Kier molecular flexibility index (Phi) is 6.31. The molecule has 0 radical (unpaired) electrons. The first-order valence-electron chi connectivity index (χ1n) is 7.72. The van der Waals surface area contributed by atoms with Crippen molar-refractivity contribution in [3.05, 3.63) is 0 Å². The van der Waals surface area contributed by atoms with Crippen LogP contribution in [0.1, 0.15) is 53.4 Å². The minimum atomic E-state index is 0.313. The molecule has 0 saturated carbocycles. The van der Waals surface area contributed by atoms with Crippen molar-refractivity contribution in [3.8, 4) is 0 Å². The van der Waals surface area contributed by atoms with Crippen molar-refractivity contribution in [2.75, 3.05) is 26.7 Å². The topological polar surface area (TPSA) is 32.3 Å². The molecule has 1 saturated heterocycles. The van der Waals surface area contributed by atoms with Crippen molar-refractivity contribution in [3.63, 3.8) is 0 Å². The van der Waals surface area contributed by atoms with Crippen LogP contribution in [0.25, 0.3) is 0 Å². The summed E-state index contributed by atoms with van der Waals surface area (Å²) in [6.07, 6.45) is 4.21. The first-order chi connectivity index (χ1) is 8.78. The summed E-state index contributed by atoms with van der Waals surface area (Å²) in [4.78, 5) is 14.2. The summed E-state index contributed by atoms with van der Waals surface area (Å²) in [6, 6.07) is 0. The van der Waals surface area contributed by atoms with E-state index < -0.39 is 0 Å². The molecule has 3 nitrogen and oxygen atoms in total. The molecule has 19 heavy (non-hydrogen) atoms. The third-order valence-corrected chi connectivity index (χ3v) is 3.90. The van der Waals surface area contributed by atoms with Gasteiger partial charge in [0.25, 0.3) is 0 Å². The van der Waals surface area contributed by atoms with Crippen molar-refractivity contribution < 1.29 is 4.79 Å². The Morgan fingerprint density at radius 3 is 2.42 bits per heavy atom. The molecule has 1 amide bonds. The number of nitrogens with zero attached hydrogens (tertiary/aromatic N) is 1. The SMILES string of the molecule is CC(CC(=O)N(C)CC1CCNCC1)CC(C)(C)C. The molecule has 0 aromatic rings. The van der Waals surface area contributed by atoms with Crippen LogP contribution in [0.5, 0.6) is 0 Å². The molecular formula is C16H32N2O. The fraction of sp³-hybridized carbons (Fsp3) is 0.938. The summed E-state index contributed by atoms with van der Waals surface area (Å²) in [5.41, 5.74) is 0.313. The second-order valence-corrected chi connectivity index (χ2v) is 7.54. The predicted octanol–water partition coefficient (Wildman–Crippen LogP) is 2.91. The number of piperidine rings is 1. The molecule has 1 heterocycles. The zero-order valence-corrected chi connectivity index (χ0v) is 13.5. The highest BCUT2D eigenvalue weighted by molar-refractivity contribution is 5.76. The number of carbonyl (C=O) groups excluding carboxylic acids is 1. The van der Waals surface area contributed by atoms with E-state index >= 15 is 0 Å². The minimum absolute atomic E-state index is 0.313. The van der Waals surface area contributed by atoms with Crippen molar-refractivity contribution in [1.82, 2.24) is 10.2 Å². The summed E-state index contributed by atoms with van der Waals surface area (Å²) in [5, 5.41) is 3.37. The lowest BCUT2D eigenvalue weighted by Gasteiger charge is -2.29. The van der Waals surface area contributed by atoms with E-state index in [9.17, 15) is 4.79 Å². The van der Waals surface area contributed by atoms with E-state index in [0.717, 1.165) is 26.1 Å². The average molecular weight is 268 g/mol. The summed E-state index contributed by atoms with van der Waals surface area (Å²) in [5.74, 6) is 1.48. The Bertz CT molecular complexity index is 277. The molecule has 1 atom stereocenters. The Labute approximate surface area is 119 Å². The largest absolute Gasteiger partial charge is 0.345 e. The first-order valence-corrected chi connectivity index (χ1v) is 7.72. The number of hydrogen-bond acceptors (Lipinski definition) is 2. The Hall–Kier alpha value is -0.570. The lowest BCUT2D eigenvalue weighted by atomic mass is 9.84. The van der Waals surface area contributed by atoms with Crippen LogP contribution < -0.4 is 5.32 Å². The van der Waals surface area contributed by atoms with Crippen LogP contribution in [0.2, 0.25) is 0 Å². The Balaban J connectivity index is 2.31. The van der Waals surface area contributed by atoms with Crippen molar-refractivity contribution in [1.29, 1.82) is 0 Å². The molecule has 0 spiro atoms. The first kappa shape index (κ1) is 16.5. The number of hydrogen-bond donors (Lipinski definition) is 1. The van der Waals surface area contributed by atoms with Gasteiger partial charge >= 0.3 is 0 Å². The molecule has 0 aromatic carbocycles. The zero-order chi connectivity index (χ0) is 14.5. The molecule has 0 aromatic heterocycles. The van der Waals surface area contributed by atoms with Crippen LogP contribution in [-0.2, 0) is 4.79 Å². The van der Waals surface area contributed by atoms with Gasteiger partial charge in [-0.3, -0.25) is 4.79 Å². The second-order valence-electron chi connectivity index (χ2n) is 7.54. The van der Waals surface area contributed by atoms with E-state index in [1.54, 1.807) is 0 Å². The number of rotatable bonds is 5. The second kappa shape index (κ2) is 7.28. The summed E-state index contributed by atoms with van der Waals surface area (Å²) in [6.45, 7) is 12.1. The number of amides is 1. The van der Waals surface area contributed by atoms with E-state index in [-0.39, 0.29) is 0 Å². The number of nitrogens with one attached hydrogen (secondary N) is 1. The smallest absolute Gasteiger partial charge is 0.222 e. The van der Waals surface area contributed by atoms with Gasteiger partial charge in [0.1, 0.15) is 0 Å². The molecule has 1 fully saturated rings. The van der Waals surface area contributed by atoms with Crippen molar-refractivity contribution >= 4 is 5.91 Å². The van der Waals surface area contributed by atoms with Crippen molar-refractivity contribution in [2.45, 2.75) is 53.4 Å². The molecule has 1 aliphatic heterocycles. The van der Waals surface area contributed by atoms with Gasteiger partial charge in [-0.1, -0.05) is 27.7 Å². The van der Waals surface area contributed by atoms with Crippen LogP contribution in [-0.4, -0.2) is 37.5 Å². The lowest BCUT2D eigenvalue weighted by Crippen LogP contribution is -2.37. The Morgan fingerprint density at radius 1 is 1.32 bits per heavy atom. The van der Waals surface area contributed by atoms with E-state index in [4.69, 9.17) is 0 Å². The van der Waals surface area contributed by atoms with Crippen LogP contribution in [0.3, 0.4) is 0 Å². The van der Waals surface area contributed by atoms with Gasteiger partial charge in [0.05, 0.1) is 0 Å². The fourth-order valence-electron chi connectivity index (χ4n) is 3.12. The summed E-state index contributed by atoms with van der Waals surface area (Å²) in [7, 11) is 1.97. The van der Waals surface area contributed by atoms with Gasteiger partial charge < -0.3 is 10.2 Å². The third kappa shape index (κ3) is 6.95. The van der Waals surface area contributed by atoms with Crippen molar-refractivity contribution in [2.24, 2.45) is 17.3 Å². The maximum atomic E-state index is 12.2. The van der Waals surface area contributed by atoms with Gasteiger partial charge in [0.15, 0.2) is 0 Å². The number of carbonyl (C=O) groups is 1. The highest BCUT2D eigenvalue weighted by atomic mass is 16.2. The third-order valence-electron chi connectivity index (χ3n) is 3.90. The zero-order valence-electron chi connectivity index (χ0n) is 13.5. The summed E-state index contributed by atoms with van der Waals surface area (Å²) >= 11 is 0. The summed E-state index contributed by atoms with van der Waals surface area (Å²) < 4.78 is 0. The van der Waals surface area contributed by atoms with Crippen LogP contribution in [0.15, 0.2) is 0 Å². The molecule has 0 bridgehead atoms. The standard InChI is InChI=1S/C16H32N2O/c1-13(11-16(2,3)4)10-15(19)18(5)12-14-6-8-17-9-7-14/h13-14,17H,6-12H2,1-5H3. The molecule has 1 N–H and O–H groups in total. The van der Waals surface area contributed by atoms with Gasteiger partial charge in [-0.05, 0) is 49.6 Å². The molecule has 0 aliphatic carbocycles. The molecule has 112 valence electrons. The van der Waals surface area contributed by atoms with E-state index in [2.05, 4.69) is 33.0 Å². The highest BCUT2D eigenvalue weighted by Crippen LogP contribution is 2.26. The molecule has 1 rings (SSSR count). The van der Waals surface area contributed by atoms with Crippen LogP contribution >= 0.6 is 0 Å². The van der Waals surface area contributed by atoms with Gasteiger partial charge in [0.2, 0.25) is 5.91 Å². The maximum Gasteiger partial charge on any atom is 0.222 e. The predicted molar refractivity (Wildman–Crippen MR) is 81.1 cm³/mol. The minimum Gasteiger partial charge on any atom is -0.345 e.